The van der Waals surface area contributed by atoms with Gasteiger partial charge in [0.25, 0.3) is 5.91 Å². The van der Waals surface area contributed by atoms with E-state index >= 15 is 0 Å². The van der Waals surface area contributed by atoms with Gasteiger partial charge in [0.05, 0.1) is 24.1 Å². The summed E-state index contributed by atoms with van der Waals surface area (Å²) in [6, 6.07) is 0. The average molecular weight is 482 g/mol. The van der Waals surface area contributed by atoms with Gasteiger partial charge in [0.1, 0.15) is 17.7 Å². The van der Waals surface area contributed by atoms with E-state index in [0.29, 0.717) is 0 Å². The molecule has 4 rings (SSSR count). The van der Waals surface area contributed by atoms with E-state index in [4.69, 9.17) is 38.4 Å². The number of amides is 1. The number of fused-ring (bicyclic) bond motifs is 1. The molecule has 6 N–H and O–H groups in total. The van der Waals surface area contributed by atoms with Crippen molar-refractivity contribution in [2.75, 3.05) is 12.3 Å². The maximum Gasteiger partial charge on any atom is 0.278 e. The van der Waals surface area contributed by atoms with Crippen molar-refractivity contribution in [3.05, 3.63) is 28.2 Å². The number of aliphatic hydroxyl groups is 2. The number of aromatic nitrogens is 5. The SMILES string of the molecule is C#C[C@@]1(O)[C@@H](CO[C@@H](C(=O)NO)c2cscn2)O[C@@H](n2cnc3c(N)nc(Cl)nc32)[C@@H]1O. The van der Waals surface area contributed by atoms with Crippen molar-refractivity contribution in [3.63, 3.8) is 0 Å². The van der Waals surface area contributed by atoms with Crippen molar-refractivity contribution in [1.29, 1.82) is 0 Å². The highest BCUT2D eigenvalue weighted by atomic mass is 35.5. The number of carbonyl (C=O) groups excluding carboxylic acids is 1. The molecule has 1 saturated heterocycles. The van der Waals surface area contributed by atoms with Crippen LogP contribution in [0, 0.1) is 12.3 Å². The van der Waals surface area contributed by atoms with Crippen LogP contribution in [0.25, 0.3) is 11.2 Å². The summed E-state index contributed by atoms with van der Waals surface area (Å²) in [5.41, 5.74) is 7.14. The van der Waals surface area contributed by atoms with Crippen LogP contribution in [0.2, 0.25) is 5.28 Å². The van der Waals surface area contributed by atoms with Crippen LogP contribution >= 0.6 is 22.9 Å². The number of ether oxygens (including phenoxy) is 2. The van der Waals surface area contributed by atoms with Crippen molar-refractivity contribution in [1.82, 2.24) is 30.0 Å². The quantitative estimate of drug-likeness (QED) is 0.131. The number of nitrogens with two attached hydrogens (primary N) is 1. The Balaban J connectivity index is 1.62. The van der Waals surface area contributed by atoms with Crippen LogP contribution in [-0.4, -0.2) is 70.2 Å². The molecule has 5 atom stereocenters. The van der Waals surface area contributed by atoms with Gasteiger partial charge in [-0.05, 0) is 11.6 Å². The van der Waals surface area contributed by atoms with Gasteiger partial charge in [0.2, 0.25) is 5.28 Å². The van der Waals surface area contributed by atoms with Crippen LogP contribution < -0.4 is 11.2 Å². The molecule has 4 heterocycles. The Morgan fingerprint density at radius 3 is 2.97 bits per heavy atom. The van der Waals surface area contributed by atoms with Crippen molar-refractivity contribution >= 4 is 45.8 Å². The largest absolute Gasteiger partial charge is 0.384 e. The Morgan fingerprint density at radius 2 is 2.31 bits per heavy atom. The number of anilines is 1. The second-order valence-electron chi connectivity index (χ2n) is 6.73. The Hall–Kier alpha value is -2.90. The summed E-state index contributed by atoms with van der Waals surface area (Å²) in [6.45, 7) is -0.436. The molecule has 1 fully saturated rings. The number of thiazole rings is 1. The highest BCUT2D eigenvalue weighted by Gasteiger charge is 2.56. The number of nitrogen functional groups attached to an aromatic ring is 1. The first kappa shape index (κ1) is 22.3. The number of aliphatic hydroxyl groups excluding tert-OH is 1. The minimum atomic E-state index is -2.20. The van der Waals surface area contributed by atoms with Gasteiger partial charge in [-0.3, -0.25) is 14.6 Å². The van der Waals surface area contributed by atoms with E-state index in [1.807, 2.05) is 0 Å². The van der Waals surface area contributed by atoms with E-state index in [9.17, 15) is 15.0 Å². The summed E-state index contributed by atoms with van der Waals surface area (Å²) in [5, 5.41) is 32.1. The molecular formula is C17H16ClN7O6S. The van der Waals surface area contributed by atoms with E-state index in [-0.39, 0.29) is 28.0 Å². The van der Waals surface area contributed by atoms with E-state index in [1.165, 1.54) is 33.2 Å². The third-order valence-electron chi connectivity index (χ3n) is 4.92. The number of hydrogen-bond acceptors (Lipinski definition) is 12. The van der Waals surface area contributed by atoms with Crippen molar-refractivity contribution < 1.29 is 29.7 Å². The zero-order valence-electron chi connectivity index (χ0n) is 16.0. The summed E-state index contributed by atoms with van der Waals surface area (Å²) in [6.07, 6.45) is 1.29. The first-order valence-electron chi connectivity index (χ1n) is 8.93. The van der Waals surface area contributed by atoms with Gasteiger partial charge in [-0.2, -0.15) is 9.97 Å². The third-order valence-corrected chi connectivity index (χ3v) is 5.70. The number of halogens is 1. The standard InChI is InChI=1S/C17H16ClN7O6S/c1-2-17(28)8(3-30-10(14(27)24-29)7-4-32-6-21-7)31-15(11(17)26)25-5-20-9-12(19)22-16(18)23-13(9)25/h1,4-6,8,10-11,15,26,28-29H,3H2,(H,24,27)(H2,19,22,23)/t8-,10-,11+,15-,17-/m1/s1. The molecule has 0 unspecified atom stereocenters. The van der Waals surface area contributed by atoms with Crippen LogP contribution in [0.3, 0.4) is 0 Å². The summed E-state index contributed by atoms with van der Waals surface area (Å²) >= 11 is 7.08. The number of terminal acetylenes is 1. The number of nitrogens with one attached hydrogen (secondary N) is 1. The van der Waals surface area contributed by atoms with Crippen molar-refractivity contribution in [2.24, 2.45) is 0 Å². The first-order valence-corrected chi connectivity index (χ1v) is 10.2. The molecule has 32 heavy (non-hydrogen) atoms. The molecule has 0 saturated carbocycles. The van der Waals surface area contributed by atoms with Crippen LogP contribution in [-0.2, 0) is 14.3 Å². The van der Waals surface area contributed by atoms with Gasteiger partial charge >= 0.3 is 0 Å². The number of hydroxylamine groups is 1. The smallest absolute Gasteiger partial charge is 0.278 e. The lowest BCUT2D eigenvalue weighted by Crippen LogP contribution is -2.48. The number of hydrogen-bond donors (Lipinski definition) is 5. The molecule has 0 spiro atoms. The molecule has 1 amide bonds. The molecule has 0 bridgehead atoms. The van der Waals surface area contributed by atoms with E-state index in [2.05, 4.69) is 25.9 Å². The Labute approximate surface area is 188 Å². The summed E-state index contributed by atoms with van der Waals surface area (Å²) in [4.78, 5) is 27.9. The normalized spacial score (nSPS) is 26.2. The van der Waals surface area contributed by atoms with E-state index in [1.54, 1.807) is 5.38 Å². The Bertz CT molecular complexity index is 1180. The first-order chi connectivity index (χ1) is 15.3. The van der Waals surface area contributed by atoms with Gasteiger partial charge < -0.3 is 25.4 Å². The molecule has 3 aromatic heterocycles. The molecule has 168 valence electrons. The Morgan fingerprint density at radius 1 is 1.53 bits per heavy atom. The van der Waals surface area contributed by atoms with E-state index < -0.39 is 42.7 Å². The fourth-order valence-electron chi connectivity index (χ4n) is 3.30. The molecule has 13 nitrogen and oxygen atoms in total. The zero-order valence-corrected chi connectivity index (χ0v) is 17.6. The van der Waals surface area contributed by atoms with Crippen LogP contribution in [0.5, 0.6) is 0 Å². The van der Waals surface area contributed by atoms with Gasteiger partial charge in [0.15, 0.2) is 29.4 Å². The molecular weight excluding hydrogens is 466 g/mol. The van der Waals surface area contributed by atoms with Crippen molar-refractivity contribution in [2.45, 2.75) is 30.1 Å². The van der Waals surface area contributed by atoms with Gasteiger partial charge in [-0.1, -0.05) is 5.92 Å². The minimum Gasteiger partial charge on any atom is -0.384 e. The predicted octanol–water partition coefficient (Wildman–Crippen LogP) is -0.596. The molecule has 0 aliphatic carbocycles. The molecule has 1 aliphatic heterocycles. The lowest BCUT2D eigenvalue weighted by atomic mass is 9.93. The summed E-state index contributed by atoms with van der Waals surface area (Å²) in [7, 11) is 0. The van der Waals surface area contributed by atoms with Gasteiger partial charge in [-0.25, -0.2) is 15.4 Å². The monoisotopic (exact) mass is 481 g/mol. The topological polar surface area (TPSA) is 191 Å². The second kappa shape index (κ2) is 8.56. The maximum absolute atomic E-state index is 12.0. The number of imidazole rings is 1. The van der Waals surface area contributed by atoms with Crippen LogP contribution in [0.15, 0.2) is 17.2 Å². The molecule has 0 aromatic carbocycles. The Kier molecular flexibility index (Phi) is 5.97. The van der Waals surface area contributed by atoms with Crippen LogP contribution in [0.4, 0.5) is 5.82 Å². The number of carbonyl (C=O) groups is 1. The van der Waals surface area contributed by atoms with Gasteiger partial charge in [0, 0.05) is 5.38 Å². The summed E-state index contributed by atoms with van der Waals surface area (Å²) < 4.78 is 12.6. The van der Waals surface area contributed by atoms with E-state index in [0.717, 1.165) is 0 Å². The molecule has 1 aliphatic rings. The van der Waals surface area contributed by atoms with Crippen LogP contribution in [0.1, 0.15) is 18.0 Å². The summed E-state index contributed by atoms with van der Waals surface area (Å²) in [5.74, 6) is 1.25. The minimum absolute atomic E-state index is 0.0134. The zero-order chi connectivity index (χ0) is 23.0. The lowest BCUT2D eigenvalue weighted by Gasteiger charge is -2.26. The highest BCUT2D eigenvalue weighted by molar-refractivity contribution is 7.07. The van der Waals surface area contributed by atoms with Gasteiger partial charge in [-0.15, -0.1) is 17.8 Å². The molecule has 0 radical (unpaired) electrons. The highest BCUT2D eigenvalue weighted by Crippen LogP contribution is 2.39. The van der Waals surface area contributed by atoms with Crippen molar-refractivity contribution in [3.8, 4) is 12.3 Å². The molecule has 15 heteroatoms. The fourth-order valence-corrected chi connectivity index (χ4v) is 4.04. The fraction of sp³-hybridized carbons (Fsp3) is 0.353. The lowest BCUT2D eigenvalue weighted by molar-refractivity contribution is -0.148. The average Bonchev–Trinajstić information content (AvgIpc) is 3.49. The molecule has 3 aromatic rings. The third kappa shape index (κ3) is 3.65. The number of nitrogens with zero attached hydrogens (tertiary/aromatic N) is 5. The second-order valence-corrected chi connectivity index (χ2v) is 7.79. The predicted molar refractivity (Wildman–Crippen MR) is 109 cm³/mol. The number of rotatable bonds is 6. The maximum atomic E-state index is 12.0.